The molecule has 3 aromatic carbocycles. The van der Waals surface area contributed by atoms with E-state index in [1.165, 1.54) is 0 Å². The van der Waals surface area contributed by atoms with Gasteiger partial charge in [0.05, 0.1) is 0 Å². The third-order valence-electron chi connectivity index (χ3n) is 8.81. The van der Waals surface area contributed by atoms with Crippen LogP contribution in [0.4, 0.5) is 0 Å². The van der Waals surface area contributed by atoms with Crippen LogP contribution in [0, 0.1) is 26.2 Å². The SMILES string of the molecule is Cc1cc(C)c(OS(=O)(=O)[C@]23C[C@@]2(CO[Si](c2ccccc2)(c2ccccc2)C(C)(C)C)CCC3=O)c(C)c1. The number of benzene rings is 3. The van der Waals surface area contributed by atoms with Gasteiger partial charge in [0, 0.05) is 18.4 Å². The Hall–Kier alpha value is -2.74. The highest BCUT2D eigenvalue weighted by molar-refractivity contribution is 7.89. The Bertz CT molecular complexity index is 1450. The Balaban J connectivity index is 1.54. The van der Waals surface area contributed by atoms with Crippen molar-refractivity contribution in [2.45, 2.75) is 70.6 Å². The largest absolute Gasteiger partial charge is 0.407 e. The van der Waals surface area contributed by atoms with Crippen molar-refractivity contribution in [3.05, 3.63) is 89.5 Å². The number of fused-ring (bicyclic) bond motifs is 1. The maximum absolute atomic E-state index is 13.9. The van der Waals surface area contributed by atoms with E-state index in [0.717, 1.165) is 27.1 Å². The normalized spacial score (nSPS) is 23.0. The van der Waals surface area contributed by atoms with Gasteiger partial charge in [-0.2, -0.15) is 8.42 Å². The van der Waals surface area contributed by atoms with E-state index in [1.54, 1.807) is 0 Å². The van der Waals surface area contributed by atoms with Gasteiger partial charge < -0.3 is 8.61 Å². The molecule has 0 aliphatic heterocycles. The zero-order valence-corrected chi connectivity index (χ0v) is 25.5. The fourth-order valence-corrected chi connectivity index (χ4v) is 13.7. The van der Waals surface area contributed by atoms with Gasteiger partial charge in [0.1, 0.15) is 5.75 Å². The first kappa shape index (κ1) is 27.8. The van der Waals surface area contributed by atoms with E-state index < -0.39 is 28.6 Å². The van der Waals surface area contributed by atoms with Gasteiger partial charge in [0.2, 0.25) is 0 Å². The zero-order chi connectivity index (χ0) is 28.3. The van der Waals surface area contributed by atoms with Gasteiger partial charge in [-0.05, 0) is 60.2 Å². The average molecular weight is 563 g/mol. The minimum absolute atomic E-state index is 0.195. The first-order valence-corrected chi connectivity index (χ1v) is 16.9. The van der Waals surface area contributed by atoms with E-state index in [-0.39, 0.29) is 30.3 Å². The number of carbonyl (C=O) groups excluding carboxylic acids is 1. The molecule has 2 aliphatic carbocycles. The van der Waals surface area contributed by atoms with Crippen molar-refractivity contribution in [1.82, 2.24) is 0 Å². The van der Waals surface area contributed by atoms with Gasteiger partial charge in [0.15, 0.2) is 10.5 Å². The van der Waals surface area contributed by atoms with Gasteiger partial charge in [-0.25, -0.2) is 0 Å². The van der Waals surface area contributed by atoms with E-state index in [4.69, 9.17) is 8.61 Å². The number of rotatable bonds is 8. The second-order valence-corrected chi connectivity index (χ2v) is 18.5. The maximum Gasteiger partial charge on any atom is 0.322 e. The molecule has 2 aliphatic rings. The van der Waals surface area contributed by atoms with E-state index in [9.17, 15) is 13.2 Å². The van der Waals surface area contributed by atoms with Gasteiger partial charge in [0.25, 0.3) is 8.32 Å². The van der Waals surface area contributed by atoms with Crippen LogP contribution < -0.4 is 14.6 Å². The van der Waals surface area contributed by atoms with Crippen LogP contribution in [0.5, 0.6) is 5.75 Å². The fraction of sp³-hybridized carbons (Fsp3) is 0.406. The van der Waals surface area contributed by atoms with E-state index in [1.807, 2.05) is 69.3 Å². The molecule has 0 unspecified atom stereocenters. The highest BCUT2D eigenvalue weighted by atomic mass is 32.2. The molecule has 2 saturated carbocycles. The summed E-state index contributed by atoms with van der Waals surface area (Å²) in [6.45, 7) is 12.4. The van der Waals surface area contributed by atoms with Crippen LogP contribution in [0.25, 0.3) is 0 Å². The van der Waals surface area contributed by atoms with Gasteiger partial charge >= 0.3 is 10.1 Å². The predicted molar refractivity (Wildman–Crippen MR) is 158 cm³/mol. The van der Waals surface area contributed by atoms with E-state index >= 15 is 0 Å². The molecular weight excluding hydrogens is 525 g/mol. The molecule has 0 amide bonds. The molecule has 39 heavy (non-hydrogen) atoms. The van der Waals surface area contributed by atoms with Crippen LogP contribution in [0.2, 0.25) is 5.04 Å². The smallest absolute Gasteiger partial charge is 0.322 e. The Kier molecular flexibility index (Phi) is 6.72. The molecular formula is C32H38O5SSi. The second-order valence-electron chi connectivity index (χ2n) is 12.4. The van der Waals surface area contributed by atoms with Crippen LogP contribution in [-0.4, -0.2) is 33.9 Å². The summed E-state index contributed by atoms with van der Waals surface area (Å²) in [5.41, 5.74) is 1.73. The maximum atomic E-state index is 13.9. The first-order valence-electron chi connectivity index (χ1n) is 13.6. The molecule has 206 valence electrons. The summed E-state index contributed by atoms with van der Waals surface area (Å²) in [5.74, 6) is 0.0688. The molecule has 3 aromatic rings. The highest BCUT2D eigenvalue weighted by Gasteiger charge is 2.83. The molecule has 0 spiro atoms. The van der Waals surface area contributed by atoms with Crippen molar-refractivity contribution in [3.63, 3.8) is 0 Å². The molecule has 2 fully saturated rings. The minimum atomic E-state index is -4.25. The van der Waals surface area contributed by atoms with Crippen LogP contribution in [0.15, 0.2) is 72.8 Å². The Labute approximate surface area is 233 Å². The second kappa shape index (κ2) is 9.42. The molecule has 0 saturated heterocycles. The summed E-state index contributed by atoms with van der Waals surface area (Å²) in [4.78, 5) is 13.4. The Morgan fingerprint density at radius 1 is 0.872 bits per heavy atom. The molecule has 7 heteroatoms. The molecule has 0 radical (unpaired) electrons. The third-order valence-corrected chi connectivity index (χ3v) is 15.8. The van der Waals surface area contributed by atoms with Crippen molar-refractivity contribution in [3.8, 4) is 5.75 Å². The van der Waals surface area contributed by atoms with Gasteiger partial charge in [-0.15, -0.1) is 0 Å². The summed E-state index contributed by atoms with van der Waals surface area (Å²) in [7, 11) is -7.15. The zero-order valence-electron chi connectivity index (χ0n) is 23.7. The standard InChI is InChI=1S/C32H38O5SSi/c1-23-19-24(2)29(25(3)20-23)37-38(34,35)32-21-31(32,18-17-28(32)33)22-36-39(30(4,5)6,26-13-9-7-10-14-26)27-15-11-8-12-16-27/h7-16,19-20H,17-18,21-22H2,1-6H3/t31-,32+/m1/s1. The van der Waals surface area contributed by atoms with E-state index in [2.05, 4.69) is 45.0 Å². The van der Waals surface area contributed by atoms with Crippen molar-refractivity contribution >= 4 is 34.6 Å². The molecule has 0 aromatic heterocycles. The number of aryl methyl sites for hydroxylation is 3. The lowest BCUT2D eigenvalue weighted by Gasteiger charge is -2.43. The molecule has 5 nitrogen and oxygen atoms in total. The molecule has 0 heterocycles. The molecule has 5 rings (SSSR count). The number of carbonyl (C=O) groups is 1. The van der Waals surface area contributed by atoms with Crippen molar-refractivity contribution in [2.75, 3.05) is 6.61 Å². The molecule has 0 bridgehead atoms. The number of hydrogen-bond acceptors (Lipinski definition) is 5. The van der Waals surface area contributed by atoms with E-state index in [0.29, 0.717) is 12.2 Å². The monoisotopic (exact) mass is 562 g/mol. The van der Waals surface area contributed by atoms with Crippen LogP contribution >= 0.6 is 0 Å². The average Bonchev–Trinajstić information content (AvgIpc) is 3.48. The fourth-order valence-electron chi connectivity index (χ4n) is 6.89. The van der Waals surface area contributed by atoms with Crippen LogP contribution in [0.3, 0.4) is 0 Å². The minimum Gasteiger partial charge on any atom is -0.407 e. The van der Waals surface area contributed by atoms with Crippen LogP contribution in [-0.2, 0) is 19.3 Å². The summed E-state index contributed by atoms with van der Waals surface area (Å²) in [5, 5.41) is 2.00. The lowest BCUT2D eigenvalue weighted by atomic mass is 10.1. The summed E-state index contributed by atoms with van der Waals surface area (Å²) in [6.07, 6.45) is 0.945. The lowest BCUT2D eigenvalue weighted by Crippen LogP contribution is -2.67. The van der Waals surface area contributed by atoms with Crippen molar-refractivity contribution in [1.29, 1.82) is 0 Å². The number of ketones is 1. The quantitative estimate of drug-likeness (QED) is 0.272. The molecule has 2 atom stereocenters. The predicted octanol–water partition coefficient (Wildman–Crippen LogP) is 5.39. The first-order chi connectivity index (χ1) is 18.3. The van der Waals surface area contributed by atoms with Gasteiger partial charge in [-0.1, -0.05) is 99.1 Å². The Morgan fingerprint density at radius 2 is 1.38 bits per heavy atom. The lowest BCUT2D eigenvalue weighted by molar-refractivity contribution is -0.118. The van der Waals surface area contributed by atoms with Crippen molar-refractivity contribution < 1.29 is 21.8 Å². The summed E-state index contributed by atoms with van der Waals surface area (Å²) < 4.78 is 39.3. The third kappa shape index (κ3) is 4.21. The molecule has 0 N–H and O–H groups in total. The Morgan fingerprint density at radius 3 is 1.87 bits per heavy atom. The number of hydrogen-bond donors (Lipinski definition) is 0. The summed E-state index contributed by atoms with van der Waals surface area (Å²) in [6, 6.07) is 24.4. The highest BCUT2D eigenvalue weighted by Crippen LogP contribution is 2.69. The van der Waals surface area contributed by atoms with Crippen LogP contribution in [0.1, 0.15) is 56.7 Å². The summed E-state index contributed by atoms with van der Waals surface area (Å²) >= 11 is 0. The van der Waals surface area contributed by atoms with Crippen molar-refractivity contribution in [2.24, 2.45) is 5.41 Å². The number of Topliss-reactive ketones (excluding diaryl/α,β-unsaturated/α-hetero) is 1. The van der Waals surface area contributed by atoms with Gasteiger partial charge in [-0.3, -0.25) is 4.79 Å². The topological polar surface area (TPSA) is 69.7 Å².